The van der Waals surface area contributed by atoms with Gasteiger partial charge in [0.15, 0.2) is 0 Å². The molecule has 1 aliphatic heterocycles. The lowest BCUT2D eigenvalue weighted by Gasteiger charge is -2.17. The van der Waals surface area contributed by atoms with Gasteiger partial charge >= 0.3 is 0 Å². The Hall–Kier alpha value is -2.86. The molecule has 140 valence electrons. The SMILES string of the molecule is CN(C)C(=O)c1cccc(NC(=O)C2CC(=O)N(c3cccc(Cl)c3)C2)c1. The van der Waals surface area contributed by atoms with Crippen molar-refractivity contribution in [3.05, 3.63) is 59.1 Å². The lowest BCUT2D eigenvalue weighted by atomic mass is 10.1. The van der Waals surface area contributed by atoms with Crippen LogP contribution in [0.3, 0.4) is 0 Å². The highest BCUT2D eigenvalue weighted by molar-refractivity contribution is 6.31. The number of halogens is 1. The van der Waals surface area contributed by atoms with E-state index in [-0.39, 0.29) is 24.1 Å². The maximum Gasteiger partial charge on any atom is 0.253 e. The van der Waals surface area contributed by atoms with E-state index in [1.54, 1.807) is 67.5 Å². The van der Waals surface area contributed by atoms with E-state index in [4.69, 9.17) is 11.6 Å². The summed E-state index contributed by atoms with van der Waals surface area (Å²) in [5, 5.41) is 3.34. The minimum atomic E-state index is -0.468. The van der Waals surface area contributed by atoms with Gasteiger partial charge in [-0.25, -0.2) is 0 Å². The highest BCUT2D eigenvalue weighted by atomic mass is 35.5. The normalized spacial score (nSPS) is 16.3. The van der Waals surface area contributed by atoms with Gasteiger partial charge in [-0.2, -0.15) is 0 Å². The predicted molar refractivity (Wildman–Crippen MR) is 105 cm³/mol. The third kappa shape index (κ3) is 4.28. The molecule has 0 saturated carbocycles. The van der Waals surface area contributed by atoms with E-state index >= 15 is 0 Å². The summed E-state index contributed by atoms with van der Waals surface area (Å²) in [4.78, 5) is 40.0. The van der Waals surface area contributed by atoms with Crippen LogP contribution in [0, 0.1) is 5.92 Å². The average Bonchev–Trinajstić information content (AvgIpc) is 3.03. The number of nitrogens with zero attached hydrogens (tertiary/aromatic N) is 2. The number of anilines is 2. The fraction of sp³-hybridized carbons (Fsp3) is 0.250. The first-order chi connectivity index (χ1) is 12.8. The topological polar surface area (TPSA) is 69.7 Å². The maximum atomic E-state index is 12.6. The van der Waals surface area contributed by atoms with Gasteiger partial charge in [0.1, 0.15) is 0 Å². The smallest absolute Gasteiger partial charge is 0.253 e. The first kappa shape index (κ1) is 18.9. The monoisotopic (exact) mass is 385 g/mol. The van der Waals surface area contributed by atoms with Crippen molar-refractivity contribution < 1.29 is 14.4 Å². The molecule has 2 aromatic carbocycles. The summed E-state index contributed by atoms with van der Waals surface area (Å²) in [6.07, 6.45) is 0.134. The summed E-state index contributed by atoms with van der Waals surface area (Å²) in [5.41, 5.74) is 1.70. The Morgan fingerprint density at radius 1 is 1.15 bits per heavy atom. The van der Waals surface area contributed by atoms with E-state index < -0.39 is 5.92 Å². The van der Waals surface area contributed by atoms with Crippen LogP contribution in [-0.2, 0) is 9.59 Å². The zero-order chi connectivity index (χ0) is 19.6. The largest absolute Gasteiger partial charge is 0.345 e. The van der Waals surface area contributed by atoms with E-state index in [9.17, 15) is 14.4 Å². The summed E-state index contributed by atoms with van der Waals surface area (Å²) in [5.74, 6) is -0.977. The lowest BCUT2D eigenvalue weighted by molar-refractivity contribution is -0.122. The molecule has 1 aliphatic rings. The number of nitrogens with one attached hydrogen (secondary N) is 1. The first-order valence-corrected chi connectivity index (χ1v) is 8.91. The van der Waals surface area contributed by atoms with Crippen molar-refractivity contribution in [1.29, 1.82) is 0 Å². The minimum absolute atomic E-state index is 0.117. The summed E-state index contributed by atoms with van der Waals surface area (Å²) >= 11 is 5.99. The third-order valence-corrected chi connectivity index (χ3v) is 4.63. The van der Waals surface area contributed by atoms with Gasteiger partial charge in [0.05, 0.1) is 5.92 Å². The van der Waals surface area contributed by atoms with Crippen LogP contribution in [0.25, 0.3) is 0 Å². The number of hydrogen-bond donors (Lipinski definition) is 1. The Kier molecular flexibility index (Phi) is 5.46. The van der Waals surface area contributed by atoms with E-state index in [1.807, 2.05) is 0 Å². The molecule has 1 fully saturated rings. The number of carbonyl (C=O) groups is 3. The summed E-state index contributed by atoms with van der Waals surface area (Å²) in [6, 6.07) is 13.8. The minimum Gasteiger partial charge on any atom is -0.345 e. The van der Waals surface area contributed by atoms with E-state index in [0.29, 0.717) is 28.5 Å². The first-order valence-electron chi connectivity index (χ1n) is 8.53. The summed E-state index contributed by atoms with van der Waals surface area (Å²) < 4.78 is 0. The van der Waals surface area contributed by atoms with Gasteiger partial charge in [-0.15, -0.1) is 0 Å². The fourth-order valence-corrected chi connectivity index (χ4v) is 3.19. The van der Waals surface area contributed by atoms with E-state index in [2.05, 4.69) is 5.32 Å². The Morgan fingerprint density at radius 2 is 1.89 bits per heavy atom. The molecule has 0 radical (unpaired) electrons. The highest BCUT2D eigenvalue weighted by Gasteiger charge is 2.35. The van der Waals surface area contributed by atoms with Crippen molar-refractivity contribution in [1.82, 2.24) is 4.90 Å². The molecule has 3 rings (SSSR count). The molecule has 0 aliphatic carbocycles. The van der Waals surface area contributed by atoms with Gasteiger partial charge < -0.3 is 15.1 Å². The molecule has 1 unspecified atom stereocenters. The molecule has 27 heavy (non-hydrogen) atoms. The van der Waals surface area contributed by atoms with Crippen molar-refractivity contribution in [2.45, 2.75) is 6.42 Å². The molecule has 2 aromatic rings. The Bertz CT molecular complexity index is 898. The quantitative estimate of drug-likeness (QED) is 0.879. The highest BCUT2D eigenvalue weighted by Crippen LogP contribution is 2.28. The van der Waals surface area contributed by atoms with Gasteiger partial charge in [0.2, 0.25) is 11.8 Å². The number of hydrogen-bond acceptors (Lipinski definition) is 3. The van der Waals surface area contributed by atoms with Gasteiger partial charge in [-0.1, -0.05) is 23.7 Å². The molecule has 1 atom stereocenters. The molecule has 0 bridgehead atoms. The summed E-state index contributed by atoms with van der Waals surface area (Å²) in [6.45, 7) is 0.293. The zero-order valence-corrected chi connectivity index (χ0v) is 15.9. The second-order valence-electron chi connectivity index (χ2n) is 6.65. The predicted octanol–water partition coefficient (Wildman–Crippen LogP) is 3.03. The molecule has 7 heteroatoms. The van der Waals surface area contributed by atoms with Crippen molar-refractivity contribution in [3.63, 3.8) is 0 Å². The Balaban J connectivity index is 1.70. The average molecular weight is 386 g/mol. The molecule has 1 N–H and O–H groups in total. The van der Waals surface area contributed by atoms with Gasteiger partial charge in [0, 0.05) is 49.0 Å². The van der Waals surface area contributed by atoms with Gasteiger partial charge in [-0.3, -0.25) is 14.4 Å². The van der Waals surface area contributed by atoms with Crippen LogP contribution >= 0.6 is 11.6 Å². The standard InChI is InChI=1S/C20H20ClN3O3/c1-23(2)20(27)13-5-3-7-16(9-13)22-19(26)14-10-18(25)24(12-14)17-8-4-6-15(21)11-17/h3-9,11,14H,10,12H2,1-2H3,(H,22,26). The lowest BCUT2D eigenvalue weighted by Crippen LogP contribution is -2.28. The zero-order valence-electron chi connectivity index (χ0n) is 15.1. The molecular formula is C20H20ClN3O3. The Morgan fingerprint density at radius 3 is 2.59 bits per heavy atom. The van der Waals surface area contributed by atoms with Crippen molar-refractivity contribution >= 4 is 40.7 Å². The second-order valence-corrected chi connectivity index (χ2v) is 7.09. The molecule has 1 heterocycles. The van der Waals surface area contributed by atoms with Crippen molar-refractivity contribution in [2.24, 2.45) is 5.92 Å². The van der Waals surface area contributed by atoms with Crippen LogP contribution in [0.15, 0.2) is 48.5 Å². The third-order valence-electron chi connectivity index (χ3n) is 4.40. The van der Waals surface area contributed by atoms with E-state index in [1.165, 1.54) is 4.90 Å². The van der Waals surface area contributed by atoms with Crippen LogP contribution < -0.4 is 10.2 Å². The second kappa shape index (κ2) is 7.80. The van der Waals surface area contributed by atoms with Crippen molar-refractivity contribution in [2.75, 3.05) is 30.9 Å². The Labute approximate surface area is 162 Å². The number of amides is 3. The molecule has 3 amide bonds. The molecule has 6 nitrogen and oxygen atoms in total. The number of carbonyl (C=O) groups excluding carboxylic acids is 3. The van der Waals surface area contributed by atoms with Crippen LogP contribution in [0.5, 0.6) is 0 Å². The van der Waals surface area contributed by atoms with Gasteiger partial charge in [0.25, 0.3) is 5.91 Å². The molecule has 0 aromatic heterocycles. The van der Waals surface area contributed by atoms with Crippen LogP contribution in [-0.4, -0.2) is 43.3 Å². The van der Waals surface area contributed by atoms with Crippen molar-refractivity contribution in [3.8, 4) is 0 Å². The number of benzene rings is 2. The fourth-order valence-electron chi connectivity index (χ4n) is 3.01. The molecule has 1 saturated heterocycles. The molecular weight excluding hydrogens is 366 g/mol. The van der Waals surface area contributed by atoms with Crippen LogP contribution in [0.4, 0.5) is 11.4 Å². The summed E-state index contributed by atoms with van der Waals surface area (Å²) in [7, 11) is 3.34. The van der Waals surface area contributed by atoms with Gasteiger partial charge in [-0.05, 0) is 36.4 Å². The maximum absolute atomic E-state index is 12.6. The van der Waals surface area contributed by atoms with Crippen LogP contribution in [0.1, 0.15) is 16.8 Å². The van der Waals surface area contributed by atoms with Crippen LogP contribution in [0.2, 0.25) is 5.02 Å². The van der Waals surface area contributed by atoms with E-state index in [0.717, 1.165) is 0 Å². The molecule has 0 spiro atoms. The number of rotatable bonds is 4.